The van der Waals surface area contributed by atoms with Gasteiger partial charge in [-0.2, -0.15) is 13.2 Å². The molecule has 0 N–H and O–H groups in total. The van der Waals surface area contributed by atoms with E-state index in [-0.39, 0.29) is 29.8 Å². The van der Waals surface area contributed by atoms with E-state index >= 15 is 4.39 Å². The number of allylic oxidation sites excluding steroid dienone is 4. The number of alkyl halides is 4. The monoisotopic (exact) mass is 618 g/mol. The van der Waals surface area contributed by atoms with E-state index in [9.17, 15) is 18.0 Å². The molecular weight excluding hydrogens is 568 g/mol. The molecule has 4 nitrogen and oxygen atoms in total. The Kier molecular flexibility index (Phi) is 9.34. The van der Waals surface area contributed by atoms with Gasteiger partial charge >= 0.3 is 6.18 Å². The molecule has 0 spiro atoms. The normalized spacial score (nSPS) is 32.8. The van der Waals surface area contributed by atoms with E-state index in [1.165, 1.54) is 6.08 Å². The van der Waals surface area contributed by atoms with Gasteiger partial charge in [-0.05, 0) is 93.7 Å². The summed E-state index contributed by atoms with van der Waals surface area (Å²) in [7, 11) is 1.59. The van der Waals surface area contributed by atoms with Gasteiger partial charge in [0, 0.05) is 43.2 Å². The average Bonchev–Trinajstić information content (AvgIpc) is 3.36. The second kappa shape index (κ2) is 12.4. The van der Waals surface area contributed by atoms with Crippen LogP contribution in [0.25, 0.3) is 0 Å². The van der Waals surface area contributed by atoms with Crippen LogP contribution in [-0.2, 0) is 4.79 Å². The van der Waals surface area contributed by atoms with E-state index in [2.05, 4.69) is 11.8 Å². The highest BCUT2D eigenvalue weighted by atomic mass is 19.4. The number of rotatable bonds is 5. The first-order chi connectivity index (χ1) is 20.6. The number of likely N-dealkylation sites (tertiary alicyclic amines) is 2. The van der Waals surface area contributed by atoms with Crippen LogP contribution in [0.5, 0.6) is 5.75 Å². The maximum absolute atomic E-state index is 17.2. The first-order valence-electron chi connectivity index (χ1n) is 16.5. The van der Waals surface area contributed by atoms with Crippen molar-refractivity contribution in [2.75, 3.05) is 33.3 Å². The Labute approximate surface area is 260 Å². The zero-order valence-electron chi connectivity index (χ0n) is 27.2. The lowest BCUT2D eigenvalue weighted by molar-refractivity contribution is -0.145. The highest BCUT2D eigenvalue weighted by Crippen LogP contribution is 2.51. The van der Waals surface area contributed by atoms with Crippen LogP contribution < -0.4 is 4.74 Å². The van der Waals surface area contributed by atoms with Crippen LogP contribution in [0.1, 0.15) is 84.6 Å². The summed E-state index contributed by atoms with van der Waals surface area (Å²) in [6.07, 6.45) is 4.02. The molecule has 5 rings (SSSR count). The maximum atomic E-state index is 17.2. The van der Waals surface area contributed by atoms with Crippen molar-refractivity contribution in [3.05, 3.63) is 53.1 Å². The van der Waals surface area contributed by atoms with E-state index in [4.69, 9.17) is 4.74 Å². The number of halogens is 4. The third-order valence-electron chi connectivity index (χ3n) is 11.2. The number of benzene rings is 1. The highest BCUT2D eigenvalue weighted by molar-refractivity contribution is 5.87. The largest absolute Gasteiger partial charge is 0.497 e. The molecule has 1 saturated carbocycles. The number of piperidine rings is 1. The van der Waals surface area contributed by atoms with E-state index in [1.54, 1.807) is 25.0 Å². The van der Waals surface area contributed by atoms with Crippen LogP contribution >= 0.6 is 0 Å². The summed E-state index contributed by atoms with van der Waals surface area (Å²) < 4.78 is 64.5. The van der Waals surface area contributed by atoms with E-state index in [1.807, 2.05) is 45.0 Å². The zero-order chi connectivity index (χ0) is 32.0. The molecule has 2 unspecified atom stereocenters. The lowest BCUT2D eigenvalue weighted by Crippen LogP contribution is -2.53. The van der Waals surface area contributed by atoms with Crippen LogP contribution in [0.2, 0.25) is 0 Å². The van der Waals surface area contributed by atoms with Crippen molar-refractivity contribution in [2.45, 2.75) is 96.4 Å². The molecule has 1 aromatic carbocycles. The molecule has 8 heteroatoms. The third-order valence-corrected chi connectivity index (χ3v) is 11.2. The van der Waals surface area contributed by atoms with Crippen LogP contribution in [-0.4, -0.2) is 66.4 Å². The fourth-order valence-corrected chi connectivity index (χ4v) is 8.45. The third kappa shape index (κ3) is 6.47. The van der Waals surface area contributed by atoms with E-state index < -0.39 is 35.2 Å². The Hall–Kier alpha value is -2.35. The minimum absolute atomic E-state index is 0.0296. The summed E-state index contributed by atoms with van der Waals surface area (Å²) in [5, 5.41) is 0. The molecule has 0 bridgehead atoms. The summed E-state index contributed by atoms with van der Waals surface area (Å²) in [5.41, 5.74) is -0.903. The molecule has 4 aliphatic rings. The summed E-state index contributed by atoms with van der Waals surface area (Å²) in [5.74, 6) is -0.173. The van der Waals surface area contributed by atoms with Crippen molar-refractivity contribution in [3.8, 4) is 5.75 Å². The van der Waals surface area contributed by atoms with Gasteiger partial charge in [0.1, 0.15) is 5.75 Å². The maximum Gasteiger partial charge on any atom is 0.412 e. The van der Waals surface area contributed by atoms with Gasteiger partial charge < -0.3 is 9.64 Å². The molecule has 4 atom stereocenters. The molecule has 2 aliphatic heterocycles. The predicted molar refractivity (Wildman–Crippen MR) is 166 cm³/mol. The molecule has 1 amide bonds. The van der Waals surface area contributed by atoms with Crippen LogP contribution in [0.15, 0.2) is 47.6 Å². The van der Waals surface area contributed by atoms with Crippen LogP contribution in [0, 0.1) is 29.6 Å². The summed E-state index contributed by atoms with van der Waals surface area (Å²) >= 11 is 0. The second-order valence-corrected chi connectivity index (χ2v) is 14.9. The van der Waals surface area contributed by atoms with Crippen molar-refractivity contribution in [1.82, 2.24) is 9.80 Å². The number of carbonyl (C=O) groups excluding carboxylic acids is 1. The number of ether oxygens (including phenoxy) is 1. The summed E-state index contributed by atoms with van der Waals surface area (Å²) in [6.45, 7) is 11.4. The molecule has 2 aliphatic carbocycles. The molecule has 2 heterocycles. The smallest absolute Gasteiger partial charge is 0.412 e. The second-order valence-electron chi connectivity index (χ2n) is 14.9. The Morgan fingerprint density at radius 2 is 1.55 bits per heavy atom. The predicted octanol–water partition coefficient (Wildman–Crippen LogP) is 8.35. The highest BCUT2D eigenvalue weighted by Gasteiger charge is 2.57. The zero-order valence-corrected chi connectivity index (χ0v) is 27.2. The van der Waals surface area contributed by atoms with Crippen molar-refractivity contribution in [3.63, 3.8) is 0 Å². The lowest BCUT2D eigenvalue weighted by Gasteiger charge is -2.45. The standard InChI is InChI=1S/C36H50F4N2O2/c1-23-7-9-27(10-8-23)32-24(2)30(36(38,39)40)16-15-29(32)25-17-19-41(20-18-25)33(43)35(37)22-42(34(3,4)5)21-31(35)26-11-13-28(44-6)14-12-26/h11-16,23-25,27,31-32H,7-10,17-22H2,1-6H3/t23-,24?,27-,31-,32?,35-/m0/s1. The topological polar surface area (TPSA) is 32.8 Å². The Bertz CT molecular complexity index is 1230. The number of amides is 1. The van der Waals surface area contributed by atoms with Crippen LogP contribution in [0.4, 0.5) is 17.6 Å². The Morgan fingerprint density at radius 3 is 2.09 bits per heavy atom. The molecule has 2 saturated heterocycles. The quantitative estimate of drug-likeness (QED) is 0.311. The van der Waals surface area contributed by atoms with Gasteiger partial charge in [-0.1, -0.05) is 56.5 Å². The first kappa shape index (κ1) is 33.0. The Balaban J connectivity index is 1.35. The summed E-state index contributed by atoms with van der Waals surface area (Å²) in [6, 6.07) is 7.34. The van der Waals surface area contributed by atoms with Gasteiger partial charge in [0.05, 0.1) is 7.11 Å². The van der Waals surface area contributed by atoms with Crippen molar-refractivity contribution < 1.29 is 27.1 Å². The summed E-state index contributed by atoms with van der Waals surface area (Å²) in [4.78, 5) is 17.8. The van der Waals surface area contributed by atoms with Gasteiger partial charge in [-0.25, -0.2) is 4.39 Å². The van der Waals surface area contributed by atoms with Gasteiger partial charge in [0.15, 0.2) is 0 Å². The van der Waals surface area contributed by atoms with Crippen molar-refractivity contribution in [2.24, 2.45) is 29.6 Å². The lowest BCUT2D eigenvalue weighted by atomic mass is 9.62. The van der Waals surface area contributed by atoms with Gasteiger partial charge in [0.25, 0.3) is 5.91 Å². The fraction of sp³-hybridized carbons (Fsp3) is 0.694. The van der Waals surface area contributed by atoms with Crippen molar-refractivity contribution in [1.29, 1.82) is 0 Å². The SMILES string of the molecule is COc1ccc([C@@H]2CN(C(C)(C)C)C[C@@]2(F)C(=O)N2CCC(C3=CC=C(C(F)(F)F)C(C)C3[C@H]3CC[C@H](C)CC3)CC2)cc1. The number of hydrogen-bond acceptors (Lipinski definition) is 3. The average molecular weight is 619 g/mol. The number of hydrogen-bond donors (Lipinski definition) is 0. The van der Waals surface area contributed by atoms with E-state index in [0.29, 0.717) is 44.1 Å². The molecule has 244 valence electrons. The molecule has 0 radical (unpaired) electrons. The molecule has 1 aromatic rings. The molecule has 0 aromatic heterocycles. The van der Waals surface area contributed by atoms with Crippen LogP contribution in [0.3, 0.4) is 0 Å². The number of nitrogens with zero attached hydrogens (tertiary/aromatic N) is 2. The molecular formula is C36H50F4N2O2. The van der Waals surface area contributed by atoms with E-state index in [0.717, 1.165) is 36.8 Å². The number of methoxy groups -OCH3 is 1. The molecule has 3 fully saturated rings. The fourth-order valence-electron chi connectivity index (χ4n) is 8.45. The van der Waals surface area contributed by atoms with Gasteiger partial charge in [0.2, 0.25) is 5.67 Å². The molecule has 44 heavy (non-hydrogen) atoms. The minimum atomic E-state index is -4.34. The van der Waals surface area contributed by atoms with Crippen molar-refractivity contribution >= 4 is 5.91 Å². The van der Waals surface area contributed by atoms with Gasteiger partial charge in [-0.15, -0.1) is 0 Å². The minimum Gasteiger partial charge on any atom is -0.497 e. The first-order valence-corrected chi connectivity index (χ1v) is 16.5. The van der Waals surface area contributed by atoms with Gasteiger partial charge in [-0.3, -0.25) is 9.69 Å². The number of carbonyl (C=O) groups is 1. The Morgan fingerprint density at radius 1 is 0.932 bits per heavy atom.